The average Bonchev–Trinajstić information content (AvgIpc) is 3.37. The van der Waals surface area contributed by atoms with E-state index in [9.17, 15) is 4.79 Å². The summed E-state index contributed by atoms with van der Waals surface area (Å²) in [6.07, 6.45) is 9.79. The second-order valence-corrected chi connectivity index (χ2v) is 8.45. The van der Waals surface area contributed by atoms with Gasteiger partial charge in [-0.15, -0.1) is 5.10 Å². The minimum Gasteiger partial charge on any atom is -0.350 e. The predicted molar refractivity (Wildman–Crippen MR) is 128 cm³/mol. The van der Waals surface area contributed by atoms with Crippen molar-refractivity contribution in [2.24, 2.45) is 0 Å². The van der Waals surface area contributed by atoms with Gasteiger partial charge in [-0.3, -0.25) is 9.78 Å². The van der Waals surface area contributed by atoms with Crippen molar-refractivity contribution in [1.29, 1.82) is 0 Å². The van der Waals surface area contributed by atoms with Crippen LogP contribution in [-0.2, 0) is 13.0 Å². The number of fused-ring (bicyclic) bond motifs is 2. The van der Waals surface area contributed by atoms with Crippen LogP contribution in [0, 0.1) is 13.8 Å². The lowest BCUT2D eigenvalue weighted by molar-refractivity contribution is 0.684. The van der Waals surface area contributed by atoms with Gasteiger partial charge in [0.2, 0.25) is 0 Å². The van der Waals surface area contributed by atoms with Gasteiger partial charge in [0.25, 0.3) is 5.56 Å². The summed E-state index contributed by atoms with van der Waals surface area (Å²) < 4.78 is 3.16. The van der Waals surface area contributed by atoms with Crippen molar-refractivity contribution in [2.45, 2.75) is 26.8 Å². The number of aryl methyl sites for hydroxylation is 1. The largest absolute Gasteiger partial charge is 0.350 e. The maximum Gasteiger partial charge on any atom is 0.274 e. The van der Waals surface area contributed by atoms with Crippen molar-refractivity contribution in [3.05, 3.63) is 94.1 Å². The highest BCUT2D eigenvalue weighted by Crippen LogP contribution is 2.29. The quantitative estimate of drug-likeness (QED) is 0.417. The molecule has 0 atom stereocenters. The Morgan fingerprint density at radius 3 is 2.71 bits per heavy atom. The molecule has 1 aliphatic heterocycles. The molecular formula is C25H22N8O. The lowest BCUT2D eigenvalue weighted by Gasteiger charge is -2.31. The van der Waals surface area contributed by atoms with E-state index in [0.717, 1.165) is 58.1 Å². The van der Waals surface area contributed by atoms with Gasteiger partial charge in [0, 0.05) is 78.3 Å². The van der Waals surface area contributed by atoms with Gasteiger partial charge in [0.15, 0.2) is 17.3 Å². The molecule has 34 heavy (non-hydrogen) atoms. The van der Waals surface area contributed by atoms with Crippen LogP contribution in [0.5, 0.6) is 0 Å². The second kappa shape index (κ2) is 7.87. The van der Waals surface area contributed by atoms with E-state index in [1.54, 1.807) is 10.9 Å². The highest BCUT2D eigenvalue weighted by Gasteiger charge is 2.23. The Kier molecular flexibility index (Phi) is 4.68. The van der Waals surface area contributed by atoms with Crippen molar-refractivity contribution in [1.82, 2.24) is 34.3 Å². The zero-order valence-corrected chi connectivity index (χ0v) is 18.9. The van der Waals surface area contributed by atoms with Gasteiger partial charge in [-0.05, 0) is 37.6 Å². The van der Waals surface area contributed by atoms with Gasteiger partial charge in [0.1, 0.15) is 0 Å². The molecule has 1 aliphatic rings. The molecule has 0 bridgehead atoms. The van der Waals surface area contributed by atoms with Crippen LogP contribution in [0.4, 0.5) is 5.82 Å². The SMILES string of the molecule is Cc1c(N2CCc3ncc(-c4cnn(-c5ccccn5)c4)cc3C2)nn2c(=O)ccnc2c1C. The number of nitrogens with zero attached hydrogens (tertiary/aromatic N) is 8. The molecule has 0 radical (unpaired) electrons. The first-order valence-corrected chi connectivity index (χ1v) is 11.1. The summed E-state index contributed by atoms with van der Waals surface area (Å²) in [5, 5.41) is 9.14. The third-order valence-corrected chi connectivity index (χ3v) is 6.39. The first-order valence-electron chi connectivity index (χ1n) is 11.1. The summed E-state index contributed by atoms with van der Waals surface area (Å²) in [6, 6.07) is 9.35. The maximum atomic E-state index is 12.4. The molecule has 5 aromatic heterocycles. The smallest absolute Gasteiger partial charge is 0.274 e. The summed E-state index contributed by atoms with van der Waals surface area (Å²) in [5.41, 5.74) is 6.62. The van der Waals surface area contributed by atoms with Crippen LogP contribution in [0.25, 0.3) is 22.6 Å². The van der Waals surface area contributed by atoms with Gasteiger partial charge in [-0.1, -0.05) is 6.07 Å². The fraction of sp³-hybridized carbons (Fsp3) is 0.200. The van der Waals surface area contributed by atoms with Crippen LogP contribution in [0.1, 0.15) is 22.4 Å². The zero-order chi connectivity index (χ0) is 23.2. The summed E-state index contributed by atoms with van der Waals surface area (Å²) in [6.45, 7) is 5.47. The molecule has 168 valence electrons. The Labute approximate surface area is 195 Å². The van der Waals surface area contributed by atoms with Crippen LogP contribution >= 0.6 is 0 Å². The molecule has 0 saturated carbocycles. The van der Waals surface area contributed by atoms with Crippen LogP contribution in [0.15, 0.2) is 66.1 Å². The van der Waals surface area contributed by atoms with Crippen molar-refractivity contribution in [3.8, 4) is 16.9 Å². The standard InChI is InChI=1S/C25H22N8O/c1-16-17(2)25(30-33-23(34)6-9-27-24(16)33)31-10-7-21-19(14-31)11-18(12-28-21)20-13-29-32(15-20)22-5-3-4-8-26-22/h3-6,8-9,11-13,15H,7,10,14H2,1-2H3. The second-order valence-electron chi connectivity index (χ2n) is 8.45. The zero-order valence-electron chi connectivity index (χ0n) is 18.9. The first kappa shape index (κ1) is 20.2. The maximum absolute atomic E-state index is 12.4. The normalized spacial score (nSPS) is 13.3. The fourth-order valence-corrected chi connectivity index (χ4v) is 4.41. The number of hydrogen-bond donors (Lipinski definition) is 0. The van der Waals surface area contributed by atoms with Crippen LogP contribution in [0.2, 0.25) is 0 Å². The van der Waals surface area contributed by atoms with Crippen molar-refractivity contribution in [2.75, 3.05) is 11.4 Å². The summed E-state index contributed by atoms with van der Waals surface area (Å²) in [7, 11) is 0. The Hall–Kier alpha value is -4.40. The van der Waals surface area contributed by atoms with Crippen LogP contribution in [0.3, 0.4) is 0 Å². The third-order valence-electron chi connectivity index (χ3n) is 6.39. The summed E-state index contributed by atoms with van der Waals surface area (Å²) >= 11 is 0. The molecule has 0 spiro atoms. The van der Waals surface area contributed by atoms with E-state index < -0.39 is 0 Å². The molecule has 0 unspecified atom stereocenters. The Balaban J connectivity index is 1.35. The van der Waals surface area contributed by atoms with Gasteiger partial charge >= 0.3 is 0 Å². The first-order chi connectivity index (χ1) is 16.6. The molecule has 0 fully saturated rings. The lowest BCUT2D eigenvalue weighted by atomic mass is 10.0. The highest BCUT2D eigenvalue weighted by molar-refractivity contribution is 5.64. The minimum absolute atomic E-state index is 0.180. The molecule has 0 aromatic carbocycles. The van der Waals surface area contributed by atoms with Gasteiger partial charge < -0.3 is 4.90 Å². The van der Waals surface area contributed by atoms with E-state index in [4.69, 9.17) is 4.98 Å². The van der Waals surface area contributed by atoms with E-state index in [-0.39, 0.29) is 5.56 Å². The van der Waals surface area contributed by atoms with Crippen molar-refractivity contribution >= 4 is 11.5 Å². The van der Waals surface area contributed by atoms with Gasteiger partial charge in [-0.25, -0.2) is 14.6 Å². The molecular weight excluding hydrogens is 428 g/mol. The van der Waals surface area contributed by atoms with E-state index in [0.29, 0.717) is 12.2 Å². The van der Waals surface area contributed by atoms with Crippen LogP contribution < -0.4 is 10.5 Å². The monoisotopic (exact) mass is 450 g/mol. The van der Waals surface area contributed by atoms with Gasteiger partial charge in [-0.2, -0.15) is 9.61 Å². The number of rotatable bonds is 3. The lowest BCUT2D eigenvalue weighted by Crippen LogP contribution is -2.33. The third kappa shape index (κ3) is 3.33. The molecule has 0 amide bonds. The van der Waals surface area contributed by atoms with Crippen LogP contribution in [-0.4, -0.2) is 40.9 Å². The summed E-state index contributed by atoms with van der Waals surface area (Å²) in [5.74, 6) is 1.57. The topological polar surface area (TPSA) is 94.1 Å². The summed E-state index contributed by atoms with van der Waals surface area (Å²) in [4.78, 5) is 28.1. The molecule has 0 N–H and O–H groups in total. The van der Waals surface area contributed by atoms with Gasteiger partial charge in [0.05, 0.1) is 6.20 Å². The molecule has 6 rings (SSSR count). The molecule has 0 aliphatic carbocycles. The molecule has 9 heteroatoms. The van der Waals surface area contributed by atoms with E-state index >= 15 is 0 Å². The Bertz CT molecular complexity index is 1590. The average molecular weight is 451 g/mol. The number of aromatic nitrogens is 7. The highest BCUT2D eigenvalue weighted by atomic mass is 16.1. The van der Waals surface area contributed by atoms with Crippen molar-refractivity contribution < 1.29 is 0 Å². The molecule has 0 saturated heterocycles. The van der Waals surface area contributed by atoms with E-state index in [1.807, 2.05) is 50.6 Å². The number of pyridine rings is 2. The minimum atomic E-state index is -0.180. The fourth-order valence-electron chi connectivity index (χ4n) is 4.41. The Morgan fingerprint density at radius 2 is 1.85 bits per heavy atom. The number of anilines is 1. The van der Waals surface area contributed by atoms with E-state index in [2.05, 4.69) is 31.1 Å². The Morgan fingerprint density at radius 1 is 0.941 bits per heavy atom. The predicted octanol–water partition coefficient (Wildman–Crippen LogP) is 2.91. The van der Waals surface area contributed by atoms with Crippen molar-refractivity contribution in [3.63, 3.8) is 0 Å². The number of hydrogen-bond acceptors (Lipinski definition) is 7. The molecule has 5 aromatic rings. The molecule has 6 heterocycles. The van der Waals surface area contributed by atoms with E-state index in [1.165, 1.54) is 16.8 Å². The molecule has 9 nitrogen and oxygen atoms in total.